The van der Waals surface area contributed by atoms with Crippen LogP contribution in [-0.4, -0.2) is 35.6 Å². The molecule has 0 aliphatic rings. The van der Waals surface area contributed by atoms with Gasteiger partial charge in [0.2, 0.25) is 5.91 Å². The minimum atomic E-state index is -0.809. The summed E-state index contributed by atoms with van der Waals surface area (Å²) in [4.78, 5) is 27.2. The van der Waals surface area contributed by atoms with Gasteiger partial charge < -0.3 is 15.0 Å². The van der Waals surface area contributed by atoms with E-state index in [4.69, 9.17) is 4.74 Å². The molecule has 0 heterocycles. The molecule has 0 saturated heterocycles. The fourth-order valence-electron chi connectivity index (χ4n) is 3.46. The highest BCUT2D eigenvalue weighted by Gasteiger charge is 2.27. The maximum Gasteiger partial charge on any atom is 0.408 e. The van der Waals surface area contributed by atoms with E-state index in [9.17, 15) is 14.0 Å². The van der Waals surface area contributed by atoms with E-state index in [1.807, 2.05) is 42.5 Å². The van der Waals surface area contributed by atoms with Gasteiger partial charge >= 0.3 is 6.09 Å². The number of likely N-dealkylation sites (N-methyl/N-ethyl adjacent to an activating group) is 1. The lowest BCUT2D eigenvalue weighted by atomic mass is 10.0. The number of ether oxygens (including phenoxy) is 1. The number of benzene rings is 3. The van der Waals surface area contributed by atoms with E-state index < -0.39 is 17.7 Å². The van der Waals surface area contributed by atoms with E-state index >= 15 is 0 Å². The van der Waals surface area contributed by atoms with E-state index in [1.54, 1.807) is 40.0 Å². The zero-order valence-corrected chi connectivity index (χ0v) is 18.9. The van der Waals surface area contributed by atoms with Crippen LogP contribution in [-0.2, 0) is 22.5 Å². The summed E-state index contributed by atoms with van der Waals surface area (Å²) in [5.74, 6) is -0.586. The van der Waals surface area contributed by atoms with Gasteiger partial charge in [0, 0.05) is 20.0 Å². The molecule has 32 heavy (non-hydrogen) atoms. The van der Waals surface area contributed by atoms with Crippen LogP contribution >= 0.6 is 0 Å². The summed E-state index contributed by atoms with van der Waals surface area (Å²) in [7, 11) is 1.66. The number of rotatable bonds is 6. The highest BCUT2D eigenvalue weighted by molar-refractivity contribution is 5.87. The van der Waals surface area contributed by atoms with Gasteiger partial charge in [0.05, 0.1) is 0 Å². The molecule has 3 rings (SSSR count). The van der Waals surface area contributed by atoms with Crippen molar-refractivity contribution in [1.29, 1.82) is 0 Å². The number of hydrogen-bond acceptors (Lipinski definition) is 3. The summed E-state index contributed by atoms with van der Waals surface area (Å²) in [5, 5.41) is 4.90. The molecule has 1 N–H and O–H groups in total. The van der Waals surface area contributed by atoms with Crippen LogP contribution in [0.5, 0.6) is 0 Å². The number of halogens is 1. The predicted molar refractivity (Wildman–Crippen MR) is 124 cm³/mol. The van der Waals surface area contributed by atoms with Gasteiger partial charge in [0.25, 0.3) is 0 Å². The van der Waals surface area contributed by atoms with Crippen LogP contribution in [0.3, 0.4) is 0 Å². The molecule has 3 aromatic carbocycles. The van der Waals surface area contributed by atoms with Crippen LogP contribution in [0.1, 0.15) is 31.9 Å². The van der Waals surface area contributed by atoms with Crippen LogP contribution < -0.4 is 5.32 Å². The van der Waals surface area contributed by atoms with Crippen molar-refractivity contribution < 1.29 is 18.7 Å². The number of nitrogens with one attached hydrogen (secondary N) is 1. The molecule has 0 radical (unpaired) electrons. The van der Waals surface area contributed by atoms with Crippen molar-refractivity contribution in [2.45, 2.75) is 45.4 Å². The van der Waals surface area contributed by atoms with Crippen LogP contribution in [0.2, 0.25) is 0 Å². The molecule has 5 nitrogen and oxygen atoms in total. The molecule has 0 aliphatic carbocycles. The fraction of sp³-hybridized carbons (Fsp3) is 0.308. The summed E-state index contributed by atoms with van der Waals surface area (Å²) in [6.45, 7) is 5.61. The molecule has 1 unspecified atom stereocenters. The quantitative estimate of drug-likeness (QED) is 0.587. The normalized spacial score (nSPS) is 12.3. The van der Waals surface area contributed by atoms with Gasteiger partial charge in [-0.1, -0.05) is 54.6 Å². The smallest absolute Gasteiger partial charge is 0.408 e. The van der Waals surface area contributed by atoms with E-state index in [0.29, 0.717) is 13.0 Å². The van der Waals surface area contributed by atoms with Crippen molar-refractivity contribution in [3.05, 3.63) is 83.7 Å². The van der Waals surface area contributed by atoms with Gasteiger partial charge in [-0.05, 0) is 54.8 Å². The summed E-state index contributed by atoms with van der Waals surface area (Å²) in [5.41, 5.74) is 1.04. The Bertz CT molecular complexity index is 1090. The van der Waals surface area contributed by atoms with Gasteiger partial charge in [-0.3, -0.25) is 4.79 Å². The lowest BCUT2D eigenvalue weighted by molar-refractivity contribution is -0.132. The summed E-state index contributed by atoms with van der Waals surface area (Å²) >= 11 is 0. The summed E-state index contributed by atoms with van der Waals surface area (Å²) in [6, 6.07) is 19.1. The second-order valence-electron chi connectivity index (χ2n) is 8.91. The minimum Gasteiger partial charge on any atom is -0.444 e. The molecule has 0 bridgehead atoms. The average molecular weight is 437 g/mol. The Morgan fingerprint density at radius 1 is 0.969 bits per heavy atom. The first-order chi connectivity index (χ1) is 15.1. The average Bonchev–Trinajstić information content (AvgIpc) is 2.73. The highest BCUT2D eigenvalue weighted by atomic mass is 19.1. The van der Waals surface area contributed by atoms with Crippen molar-refractivity contribution in [3.8, 4) is 0 Å². The van der Waals surface area contributed by atoms with E-state index in [0.717, 1.165) is 21.9 Å². The first-order valence-electron chi connectivity index (χ1n) is 10.6. The monoisotopic (exact) mass is 436 g/mol. The molecule has 3 aromatic rings. The van der Waals surface area contributed by atoms with E-state index in [-0.39, 0.29) is 11.7 Å². The molecule has 6 heteroatoms. The highest BCUT2D eigenvalue weighted by Crippen LogP contribution is 2.18. The second kappa shape index (κ2) is 9.81. The Kier molecular flexibility index (Phi) is 7.13. The third kappa shape index (κ3) is 6.54. The first kappa shape index (κ1) is 23.3. The van der Waals surface area contributed by atoms with E-state index in [2.05, 4.69) is 5.32 Å². The zero-order chi connectivity index (χ0) is 23.3. The van der Waals surface area contributed by atoms with Crippen LogP contribution in [0.25, 0.3) is 10.8 Å². The van der Waals surface area contributed by atoms with Crippen LogP contribution in [0, 0.1) is 5.82 Å². The number of carbonyl (C=O) groups is 2. The van der Waals surface area contributed by atoms with Gasteiger partial charge in [-0.15, -0.1) is 0 Å². The Labute approximate surface area is 188 Å². The SMILES string of the molecule is CN(Cc1ccc(F)cc1)C(=O)C(Cc1ccc2ccccc2c1)NC(=O)OC(C)(C)C. The predicted octanol–water partition coefficient (Wildman–Crippen LogP) is 5.07. The number of fused-ring (bicyclic) bond motifs is 1. The van der Waals surface area contributed by atoms with Crippen molar-refractivity contribution in [2.24, 2.45) is 0 Å². The first-order valence-corrected chi connectivity index (χ1v) is 10.6. The maximum absolute atomic E-state index is 13.3. The number of carbonyl (C=O) groups excluding carboxylic acids is 2. The third-order valence-electron chi connectivity index (χ3n) is 4.95. The topological polar surface area (TPSA) is 58.6 Å². The number of nitrogens with zero attached hydrogens (tertiary/aromatic N) is 1. The lowest BCUT2D eigenvalue weighted by Crippen LogP contribution is -2.49. The van der Waals surface area contributed by atoms with E-state index in [1.165, 1.54) is 17.0 Å². The van der Waals surface area contributed by atoms with Crippen LogP contribution in [0.15, 0.2) is 66.7 Å². The van der Waals surface area contributed by atoms with Gasteiger partial charge in [-0.2, -0.15) is 0 Å². The number of hydrogen-bond donors (Lipinski definition) is 1. The number of alkyl carbamates (subject to hydrolysis) is 1. The summed E-state index contributed by atoms with van der Waals surface area (Å²) < 4.78 is 18.6. The molecule has 0 aromatic heterocycles. The van der Waals surface area contributed by atoms with Crippen molar-refractivity contribution in [1.82, 2.24) is 10.2 Å². The minimum absolute atomic E-state index is 0.256. The Hall–Kier alpha value is -3.41. The van der Waals surface area contributed by atoms with Crippen molar-refractivity contribution >= 4 is 22.8 Å². The lowest BCUT2D eigenvalue weighted by Gasteiger charge is -2.27. The molecule has 0 fully saturated rings. The summed E-state index contributed by atoms with van der Waals surface area (Å²) in [6.07, 6.45) is -0.330. The van der Waals surface area contributed by atoms with Gasteiger partial charge in [-0.25, -0.2) is 9.18 Å². The second-order valence-corrected chi connectivity index (χ2v) is 8.91. The standard InChI is InChI=1S/C26H29FN2O3/c1-26(2,3)32-25(31)28-23(16-19-9-12-20-7-5-6-8-21(20)15-19)24(30)29(4)17-18-10-13-22(27)14-11-18/h5-15,23H,16-17H2,1-4H3,(H,28,31). The molecular formula is C26H29FN2O3. The Balaban J connectivity index is 1.80. The molecule has 1 atom stereocenters. The molecule has 168 valence electrons. The molecule has 0 aliphatic heterocycles. The van der Waals surface area contributed by atoms with Crippen LogP contribution in [0.4, 0.5) is 9.18 Å². The molecule has 2 amide bonds. The molecule has 0 saturated carbocycles. The molecule has 0 spiro atoms. The molecular weight excluding hydrogens is 407 g/mol. The van der Waals surface area contributed by atoms with Gasteiger partial charge in [0.15, 0.2) is 0 Å². The maximum atomic E-state index is 13.3. The largest absolute Gasteiger partial charge is 0.444 e. The van der Waals surface area contributed by atoms with Crippen molar-refractivity contribution in [3.63, 3.8) is 0 Å². The Morgan fingerprint density at radius 2 is 1.59 bits per heavy atom. The fourth-order valence-corrected chi connectivity index (χ4v) is 3.46. The zero-order valence-electron chi connectivity index (χ0n) is 18.9. The van der Waals surface area contributed by atoms with Gasteiger partial charge in [0.1, 0.15) is 17.5 Å². The number of amides is 2. The third-order valence-corrected chi connectivity index (χ3v) is 4.95. The Morgan fingerprint density at radius 3 is 2.25 bits per heavy atom. The van der Waals surface area contributed by atoms with Crippen molar-refractivity contribution in [2.75, 3.05) is 7.05 Å².